The minimum Gasteiger partial charge on any atom is -0.508 e. The number of phenols is 1. The van der Waals surface area contributed by atoms with Gasteiger partial charge in [-0.15, -0.1) is 0 Å². The lowest BCUT2D eigenvalue weighted by Crippen LogP contribution is -2.21. The Bertz CT molecular complexity index is 832. The zero-order chi connectivity index (χ0) is 16.7. The van der Waals surface area contributed by atoms with Gasteiger partial charge in [0.25, 0.3) is 5.56 Å². The Balaban J connectivity index is 1.80. The van der Waals surface area contributed by atoms with Gasteiger partial charge in [-0.1, -0.05) is 23.9 Å². The highest BCUT2D eigenvalue weighted by atomic mass is 32.2. The van der Waals surface area contributed by atoms with Crippen molar-refractivity contribution in [3.05, 3.63) is 45.7 Å². The third-order valence-electron chi connectivity index (χ3n) is 4.50. The maximum Gasteiger partial charge on any atom is 0.271 e. The lowest BCUT2D eigenvalue weighted by Gasteiger charge is -2.26. The van der Waals surface area contributed by atoms with E-state index in [9.17, 15) is 9.90 Å². The summed E-state index contributed by atoms with van der Waals surface area (Å²) in [5, 5.41) is 13.3. The quantitative estimate of drug-likeness (QED) is 0.876. The summed E-state index contributed by atoms with van der Waals surface area (Å²) in [5.74, 6) is 0.958. The van der Waals surface area contributed by atoms with Crippen molar-refractivity contribution in [1.29, 1.82) is 0 Å². The van der Waals surface area contributed by atoms with E-state index in [0.29, 0.717) is 18.8 Å². The van der Waals surface area contributed by atoms with Gasteiger partial charge in [0.1, 0.15) is 5.75 Å². The molecule has 0 saturated carbocycles. The molecule has 2 aromatic rings. The number of ether oxygens (including phenoxy) is 1. The third kappa shape index (κ3) is 2.67. The average Bonchev–Trinajstić information content (AvgIpc) is 2.92. The maximum atomic E-state index is 12.6. The van der Waals surface area contributed by atoms with Crippen LogP contribution in [0.4, 0.5) is 5.82 Å². The number of H-pyrrole nitrogens is 1. The lowest BCUT2D eigenvalue weighted by atomic mass is 10.1. The fraction of sp³-hybridized carbons (Fsp3) is 0.412. The number of aromatic hydroxyl groups is 1. The fourth-order valence-electron chi connectivity index (χ4n) is 3.30. The molecule has 7 heteroatoms. The van der Waals surface area contributed by atoms with E-state index in [1.807, 2.05) is 23.7 Å². The van der Waals surface area contributed by atoms with Crippen LogP contribution in [0, 0.1) is 0 Å². The number of benzene rings is 1. The molecule has 1 aromatic heterocycles. The van der Waals surface area contributed by atoms with Crippen LogP contribution in [0.3, 0.4) is 0 Å². The van der Waals surface area contributed by atoms with Crippen molar-refractivity contribution in [2.45, 2.75) is 31.1 Å². The Labute approximate surface area is 143 Å². The Hall–Kier alpha value is -1.99. The van der Waals surface area contributed by atoms with Gasteiger partial charge >= 0.3 is 0 Å². The molecule has 2 N–H and O–H groups in total. The standard InChI is InChI=1S/C17H19N3O3S/c1-10-18-16-14(15(24-10)11-2-4-13(21)5-3-11)17(22)19-20(16)12-6-8-23-9-7-12/h2-5,12,15,21H,6-9H2,1H3,(H,19,22)/t15-/m0/s1. The van der Waals surface area contributed by atoms with Crippen molar-refractivity contribution in [2.24, 2.45) is 4.99 Å². The van der Waals surface area contributed by atoms with Crippen LogP contribution in [-0.2, 0) is 4.74 Å². The van der Waals surface area contributed by atoms with Gasteiger partial charge in [0.2, 0.25) is 0 Å². The molecule has 0 unspecified atom stereocenters. The second-order valence-corrected chi connectivity index (χ2v) is 7.41. The molecule has 3 heterocycles. The molecule has 0 amide bonds. The molecule has 0 spiro atoms. The Morgan fingerprint density at radius 2 is 2.00 bits per heavy atom. The predicted molar refractivity (Wildman–Crippen MR) is 94.5 cm³/mol. The number of nitrogens with one attached hydrogen (secondary N) is 1. The normalized spacial score (nSPS) is 21.4. The van der Waals surface area contributed by atoms with Gasteiger partial charge in [-0.25, -0.2) is 4.99 Å². The second-order valence-electron chi connectivity index (χ2n) is 6.11. The largest absolute Gasteiger partial charge is 0.508 e. The van der Waals surface area contributed by atoms with Crippen molar-refractivity contribution in [3.63, 3.8) is 0 Å². The molecule has 1 fully saturated rings. The summed E-state index contributed by atoms with van der Waals surface area (Å²) in [4.78, 5) is 17.3. The van der Waals surface area contributed by atoms with Crippen LogP contribution in [0.15, 0.2) is 34.1 Å². The number of hydrogen-bond donors (Lipinski definition) is 2. The van der Waals surface area contributed by atoms with Crippen LogP contribution in [0.25, 0.3) is 0 Å². The van der Waals surface area contributed by atoms with E-state index in [2.05, 4.69) is 10.1 Å². The van der Waals surface area contributed by atoms with E-state index < -0.39 is 0 Å². The molecule has 2 aliphatic rings. The molecule has 1 atom stereocenters. The first-order valence-electron chi connectivity index (χ1n) is 8.06. The summed E-state index contributed by atoms with van der Waals surface area (Å²) >= 11 is 1.57. The van der Waals surface area contributed by atoms with E-state index in [1.54, 1.807) is 23.9 Å². The van der Waals surface area contributed by atoms with Crippen LogP contribution >= 0.6 is 11.8 Å². The monoisotopic (exact) mass is 345 g/mol. The van der Waals surface area contributed by atoms with Crippen LogP contribution in [-0.4, -0.2) is 33.1 Å². The lowest BCUT2D eigenvalue weighted by molar-refractivity contribution is 0.0666. The van der Waals surface area contributed by atoms with E-state index in [0.717, 1.165) is 29.3 Å². The van der Waals surface area contributed by atoms with Crippen molar-refractivity contribution >= 4 is 22.6 Å². The number of aromatic amines is 1. The Morgan fingerprint density at radius 3 is 2.71 bits per heavy atom. The number of rotatable bonds is 2. The number of fused-ring (bicyclic) bond motifs is 1. The molecule has 1 saturated heterocycles. The van der Waals surface area contributed by atoms with Gasteiger partial charge in [0.05, 0.1) is 21.9 Å². The summed E-state index contributed by atoms with van der Waals surface area (Å²) in [7, 11) is 0. The highest BCUT2D eigenvalue weighted by Crippen LogP contribution is 2.44. The SMILES string of the molecule is CC1=Nc2c(c(=O)[nH]n2C2CCOCC2)[C@H](c2ccc(O)cc2)S1. The Kier molecular flexibility index (Phi) is 3.97. The van der Waals surface area contributed by atoms with Crippen molar-refractivity contribution in [2.75, 3.05) is 13.2 Å². The van der Waals surface area contributed by atoms with Crippen molar-refractivity contribution in [1.82, 2.24) is 9.78 Å². The van der Waals surface area contributed by atoms with Gasteiger partial charge in [-0.3, -0.25) is 14.6 Å². The fourth-order valence-corrected chi connectivity index (χ4v) is 4.40. The number of aliphatic imine (C=N–C) groups is 1. The van der Waals surface area contributed by atoms with Crippen molar-refractivity contribution < 1.29 is 9.84 Å². The van der Waals surface area contributed by atoms with Crippen LogP contribution in [0.2, 0.25) is 0 Å². The molecule has 0 radical (unpaired) electrons. The first kappa shape index (κ1) is 15.5. The predicted octanol–water partition coefficient (Wildman–Crippen LogP) is 3.12. The number of aromatic nitrogens is 2. The van der Waals surface area contributed by atoms with Crippen molar-refractivity contribution in [3.8, 4) is 5.75 Å². The van der Waals surface area contributed by atoms with Crippen LogP contribution in [0.5, 0.6) is 5.75 Å². The Morgan fingerprint density at radius 1 is 1.29 bits per heavy atom. The molecule has 24 heavy (non-hydrogen) atoms. The van der Waals surface area contributed by atoms with Gasteiger partial charge < -0.3 is 9.84 Å². The smallest absolute Gasteiger partial charge is 0.271 e. The molecular weight excluding hydrogens is 326 g/mol. The molecular formula is C17H19N3O3S. The molecule has 126 valence electrons. The second kappa shape index (κ2) is 6.14. The summed E-state index contributed by atoms with van der Waals surface area (Å²) in [6.45, 7) is 3.38. The minimum atomic E-state index is -0.108. The molecule has 0 aliphatic carbocycles. The highest BCUT2D eigenvalue weighted by molar-refractivity contribution is 8.14. The van der Waals surface area contributed by atoms with Crippen LogP contribution in [0.1, 0.15) is 42.2 Å². The number of phenolic OH excluding ortho intramolecular Hbond substituents is 1. The van der Waals surface area contributed by atoms with E-state index in [4.69, 9.17) is 4.74 Å². The zero-order valence-corrected chi connectivity index (χ0v) is 14.2. The van der Waals surface area contributed by atoms with E-state index in [-0.39, 0.29) is 22.6 Å². The first-order chi connectivity index (χ1) is 11.6. The summed E-state index contributed by atoms with van der Waals surface area (Å²) < 4.78 is 7.35. The van der Waals surface area contributed by atoms with Gasteiger partial charge in [0.15, 0.2) is 5.82 Å². The molecule has 4 rings (SSSR count). The molecule has 0 bridgehead atoms. The molecule has 2 aliphatic heterocycles. The van der Waals surface area contributed by atoms with E-state index in [1.165, 1.54) is 0 Å². The summed E-state index contributed by atoms with van der Waals surface area (Å²) in [6, 6.07) is 7.25. The van der Waals surface area contributed by atoms with Gasteiger partial charge in [-0.05, 0) is 37.5 Å². The van der Waals surface area contributed by atoms with Gasteiger partial charge in [0, 0.05) is 13.2 Å². The summed E-state index contributed by atoms with van der Waals surface area (Å²) in [5.41, 5.74) is 1.60. The molecule has 1 aromatic carbocycles. The number of thioether (sulfide) groups is 1. The topological polar surface area (TPSA) is 79.6 Å². The highest BCUT2D eigenvalue weighted by Gasteiger charge is 2.32. The third-order valence-corrected chi connectivity index (χ3v) is 5.68. The zero-order valence-electron chi connectivity index (χ0n) is 13.4. The maximum absolute atomic E-state index is 12.6. The first-order valence-corrected chi connectivity index (χ1v) is 8.94. The summed E-state index contributed by atoms with van der Waals surface area (Å²) in [6.07, 6.45) is 1.76. The number of nitrogens with zero attached hydrogens (tertiary/aromatic N) is 2. The van der Waals surface area contributed by atoms with Crippen LogP contribution < -0.4 is 5.56 Å². The number of hydrogen-bond acceptors (Lipinski definition) is 5. The molecule has 6 nitrogen and oxygen atoms in total. The average molecular weight is 345 g/mol. The van der Waals surface area contributed by atoms with E-state index >= 15 is 0 Å². The van der Waals surface area contributed by atoms with Gasteiger partial charge in [-0.2, -0.15) is 0 Å². The minimum absolute atomic E-state index is 0.0849.